The SMILES string of the molecule is C#CC#CC#CC#CC#CC#CC#CC#CC#CCC(=O)[C@H](O)[C@H]1OC(=O)[C@@H](O)[C@H]1O.[HH].[HH].[HH].[HH].[HH].[HH].[HH].[HH].[HH].[HH].[HH].[HH].[HH].[HH].[HH].[HH].[HH]. The Morgan fingerprint density at radius 3 is 1.68 bits per heavy atom. The number of esters is 1. The third-order valence-corrected chi connectivity index (χ3v) is 3.09. The van der Waals surface area contributed by atoms with E-state index in [1.165, 1.54) is 0 Å². The van der Waals surface area contributed by atoms with Gasteiger partial charge in [0.15, 0.2) is 24.1 Å². The Bertz CT molecular complexity index is 1330. The molecule has 1 fully saturated rings. The fourth-order valence-corrected chi connectivity index (χ4v) is 1.75. The Morgan fingerprint density at radius 1 is 0.871 bits per heavy atom. The van der Waals surface area contributed by atoms with Crippen molar-refractivity contribution in [3.63, 3.8) is 0 Å². The predicted molar refractivity (Wildman–Crippen MR) is 145 cm³/mol. The lowest BCUT2D eigenvalue weighted by Crippen LogP contribution is -2.42. The van der Waals surface area contributed by atoms with Gasteiger partial charge in [0, 0.05) is 24.3 Å². The fourth-order valence-electron chi connectivity index (χ4n) is 1.75. The molecule has 1 heterocycles. The lowest BCUT2D eigenvalue weighted by Gasteiger charge is -2.17. The Hall–Kier alpha value is -4.94. The van der Waals surface area contributed by atoms with Crippen LogP contribution in [0.2, 0.25) is 0 Å². The lowest BCUT2D eigenvalue weighted by atomic mass is 10.0. The van der Waals surface area contributed by atoms with E-state index in [4.69, 9.17) is 6.42 Å². The second-order valence-electron chi connectivity index (χ2n) is 5.12. The molecule has 6 nitrogen and oxygen atoms in total. The molecular formula is C25H44O6. The summed E-state index contributed by atoms with van der Waals surface area (Å²) in [5, 5.41) is 28.6. The summed E-state index contributed by atoms with van der Waals surface area (Å²) in [6.07, 6.45) is -2.35. The van der Waals surface area contributed by atoms with Gasteiger partial charge in [-0.1, -0.05) is 5.92 Å². The maximum absolute atomic E-state index is 11.8. The van der Waals surface area contributed by atoms with Crippen molar-refractivity contribution in [3.05, 3.63) is 0 Å². The van der Waals surface area contributed by atoms with Crippen molar-refractivity contribution < 1.29 is 53.9 Å². The Kier molecular flexibility index (Phi) is 11.0. The minimum Gasteiger partial charge on any atom is -0.454 e. The van der Waals surface area contributed by atoms with E-state index >= 15 is 0 Å². The zero-order valence-corrected chi connectivity index (χ0v) is 15.7. The normalized spacial score (nSPS) is 17.5. The second-order valence-corrected chi connectivity index (χ2v) is 5.12. The van der Waals surface area contributed by atoms with E-state index < -0.39 is 42.6 Å². The molecular weight excluding hydrogens is 396 g/mol. The van der Waals surface area contributed by atoms with Crippen LogP contribution in [0.25, 0.3) is 0 Å². The van der Waals surface area contributed by atoms with Gasteiger partial charge in [-0.2, -0.15) is 0 Å². The zero-order chi connectivity index (χ0) is 22.9. The molecule has 1 aliphatic heterocycles. The van der Waals surface area contributed by atoms with Crippen LogP contribution in [0, 0.1) is 107 Å². The summed E-state index contributed by atoms with van der Waals surface area (Å²) in [5.41, 5.74) is 0. The average molecular weight is 441 g/mol. The topological polar surface area (TPSA) is 104 Å². The van der Waals surface area contributed by atoms with Crippen LogP contribution in [0.3, 0.4) is 0 Å². The quantitative estimate of drug-likeness (QED) is 0.457. The van der Waals surface area contributed by atoms with Crippen LogP contribution in [0.1, 0.15) is 30.7 Å². The fraction of sp³-hybridized carbons (Fsp3) is 0.200. The zero-order valence-electron chi connectivity index (χ0n) is 15.7. The molecule has 3 N–H and O–H groups in total. The number of Topliss-reactive ketones (excluding diaryl/α,β-unsaturated/α-hetero) is 1. The molecule has 4 atom stereocenters. The number of rotatable bonds is 3. The first-order valence-corrected chi connectivity index (χ1v) is 8.20. The molecule has 0 aromatic carbocycles. The Morgan fingerprint density at radius 2 is 1.29 bits per heavy atom. The number of terminal acetylenes is 1. The summed E-state index contributed by atoms with van der Waals surface area (Å²) in [7, 11) is 0. The van der Waals surface area contributed by atoms with E-state index in [2.05, 4.69) is 105 Å². The van der Waals surface area contributed by atoms with E-state index in [0.717, 1.165) is 0 Å². The molecule has 0 bridgehead atoms. The number of cyclic esters (lactones) is 1. The van der Waals surface area contributed by atoms with Crippen LogP contribution >= 0.6 is 0 Å². The summed E-state index contributed by atoms with van der Waals surface area (Å²) in [5.74, 6) is 38.5. The molecule has 1 saturated heterocycles. The minimum absolute atomic E-state index is 0. The summed E-state index contributed by atoms with van der Waals surface area (Å²) >= 11 is 0. The van der Waals surface area contributed by atoms with Gasteiger partial charge >= 0.3 is 5.97 Å². The van der Waals surface area contributed by atoms with Gasteiger partial charge in [-0.3, -0.25) is 4.79 Å². The van der Waals surface area contributed by atoms with E-state index in [0.29, 0.717) is 0 Å². The molecule has 0 saturated carbocycles. The van der Waals surface area contributed by atoms with E-state index in [1.54, 1.807) is 0 Å². The highest BCUT2D eigenvalue weighted by molar-refractivity contribution is 5.87. The monoisotopic (exact) mass is 440 g/mol. The number of ketones is 1. The average Bonchev–Trinajstić information content (AvgIpc) is 3.02. The molecule has 0 aromatic heterocycles. The number of aliphatic hydroxyl groups excluding tert-OH is 3. The van der Waals surface area contributed by atoms with Crippen LogP contribution < -0.4 is 0 Å². The molecule has 0 unspecified atom stereocenters. The Labute approximate surface area is 205 Å². The van der Waals surface area contributed by atoms with Crippen molar-refractivity contribution in [2.75, 3.05) is 0 Å². The number of aliphatic hydroxyl groups is 3. The smallest absolute Gasteiger partial charge is 0.338 e. The largest absolute Gasteiger partial charge is 0.454 e. The van der Waals surface area contributed by atoms with Crippen molar-refractivity contribution in [3.8, 4) is 107 Å². The van der Waals surface area contributed by atoms with Gasteiger partial charge in [0.25, 0.3) is 0 Å². The van der Waals surface area contributed by atoms with Crippen molar-refractivity contribution in [1.29, 1.82) is 0 Å². The van der Waals surface area contributed by atoms with Gasteiger partial charge in [-0.15, -0.1) is 6.42 Å². The molecule has 6 heteroatoms. The summed E-state index contributed by atoms with van der Waals surface area (Å²) in [4.78, 5) is 22.9. The summed E-state index contributed by atoms with van der Waals surface area (Å²) in [6.45, 7) is 0. The first-order valence-electron chi connectivity index (χ1n) is 8.20. The molecule has 1 aliphatic rings. The van der Waals surface area contributed by atoms with Gasteiger partial charge in [-0.25, -0.2) is 4.79 Å². The molecule has 0 radical (unpaired) electrons. The number of carbonyl (C=O) groups excluding carboxylic acids is 2. The van der Waals surface area contributed by atoms with Gasteiger partial charge in [0.1, 0.15) is 6.10 Å². The van der Waals surface area contributed by atoms with E-state index in [1.807, 2.05) is 0 Å². The first kappa shape index (κ1) is 24.1. The van der Waals surface area contributed by atoms with E-state index in [-0.39, 0.29) is 24.3 Å². The molecule has 0 aromatic rings. The van der Waals surface area contributed by atoms with Crippen LogP contribution in [0.15, 0.2) is 0 Å². The first-order chi connectivity index (χ1) is 15.0. The highest BCUT2D eigenvalue weighted by Crippen LogP contribution is 2.19. The van der Waals surface area contributed by atoms with Gasteiger partial charge in [-0.05, 0) is 94.7 Å². The number of hydrogen-bond acceptors (Lipinski definition) is 6. The van der Waals surface area contributed by atoms with Crippen molar-refractivity contribution in [2.24, 2.45) is 0 Å². The predicted octanol–water partition coefficient (Wildman–Crippen LogP) is 1.80. The van der Waals surface area contributed by atoms with Gasteiger partial charge in [0.05, 0.1) is 6.42 Å². The second kappa shape index (κ2) is 14.1. The standard InChI is InChI=1S/C25H10O6.17H2/c1-2-3-4-5-6-7-8-9-10-11-12-13-14-15-16-17-18-19-20(26)21(27)24-22(28)23(29)25(30)31-24;;;;;;;;;;;;;;;;;/h1,21-24,27-29H,19H2;17*1H/t21-,22+,23-,24+;;;;;;;;;;;;;;;;;/m0................./s1. The molecule has 0 spiro atoms. The summed E-state index contributed by atoms with van der Waals surface area (Å²) < 4.78 is 4.56. The number of ether oxygens (including phenoxy) is 1. The van der Waals surface area contributed by atoms with Crippen molar-refractivity contribution in [2.45, 2.75) is 30.8 Å². The van der Waals surface area contributed by atoms with Crippen LogP contribution in [-0.2, 0) is 14.3 Å². The molecule has 1 rings (SSSR count). The third kappa shape index (κ3) is 9.20. The maximum atomic E-state index is 11.8. The number of carbonyl (C=O) groups is 2. The Balaban J connectivity index is -0.0000000377. The van der Waals surface area contributed by atoms with E-state index in [9.17, 15) is 24.9 Å². The summed E-state index contributed by atoms with van der Waals surface area (Å²) in [6, 6.07) is 0. The highest BCUT2D eigenvalue weighted by atomic mass is 16.6. The van der Waals surface area contributed by atoms with Gasteiger partial charge < -0.3 is 20.1 Å². The highest BCUT2D eigenvalue weighted by Gasteiger charge is 2.47. The molecule has 31 heavy (non-hydrogen) atoms. The molecule has 180 valence electrons. The van der Waals surface area contributed by atoms with Crippen molar-refractivity contribution in [1.82, 2.24) is 0 Å². The van der Waals surface area contributed by atoms with Gasteiger partial charge in [0.2, 0.25) is 0 Å². The maximum Gasteiger partial charge on any atom is 0.338 e. The molecule has 0 aliphatic carbocycles. The minimum atomic E-state index is -1.81. The van der Waals surface area contributed by atoms with Crippen LogP contribution in [0.4, 0.5) is 0 Å². The molecule has 0 amide bonds. The third-order valence-electron chi connectivity index (χ3n) is 3.09. The van der Waals surface area contributed by atoms with Crippen molar-refractivity contribution >= 4 is 11.8 Å². The van der Waals surface area contributed by atoms with Crippen LogP contribution in [0.5, 0.6) is 0 Å². The number of hydrogen-bond donors (Lipinski definition) is 3. The lowest BCUT2D eigenvalue weighted by molar-refractivity contribution is -0.153. The van der Waals surface area contributed by atoms with Crippen LogP contribution in [-0.4, -0.2) is 51.5 Å².